The van der Waals surface area contributed by atoms with Crippen LogP contribution in [0.25, 0.3) is 27.8 Å². The molecule has 0 saturated heterocycles. The molecule has 0 spiro atoms. The summed E-state index contributed by atoms with van der Waals surface area (Å²) in [5.41, 5.74) is 21.0. The van der Waals surface area contributed by atoms with E-state index in [0.717, 1.165) is 0 Å². The summed E-state index contributed by atoms with van der Waals surface area (Å²) in [5, 5.41) is 1.57. The highest BCUT2D eigenvalue weighted by Crippen LogP contribution is 2.43. The molecule has 0 amide bonds. The summed E-state index contributed by atoms with van der Waals surface area (Å²) in [6, 6.07) is 37.2. The molecule has 0 atom stereocenters. The van der Waals surface area contributed by atoms with Crippen LogP contribution in [0.1, 0.15) is 33.4 Å². The Labute approximate surface area is 226 Å². The second-order valence-electron chi connectivity index (χ2n) is 11.5. The third kappa shape index (κ3) is 2.78. The average Bonchev–Trinajstić information content (AvgIpc) is 3.41. The molecular formula is C36H28B2. The van der Waals surface area contributed by atoms with E-state index in [1.807, 2.05) is 0 Å². The normalized spacial score (nSPS) is 14.1. The number of aryl methyl sites for hydroxylation is 4. The van der Waals surface area contributed by atoms with E-state index >= 15 is 0 Å². The number of hydrogen-bond acceptors (Lipinski definition) is 0. The van der Waals surface area contributed by atoms with Crippen molar-refractivity contribution in [3.05, 3.63) is 136 Å². The number of benzene rings is 5. The van der Waals surface area contributed by atoms with Crippen LogP contribution in [0.5, 0.6) is 0 Å². The minimum atomic E-state index is 0.230. The topological polar surface area (TPSA) is 0 Å². The fourth-order valence-corrected chi connectivity index (χ4v) is 7.70. The highest BCUT2D eigenvalue weighted by atomic mass is 14.3. The van der Waals surface area contributed by atoms with Gasteiger partial charge in [0, 0.05) is 0 Å². The molecule has 3 aliphatic heterocycles. The van der Waals surface area contributed by atoms with Crippen LogP contribution in [0.2, 0.25) is 0 Å². The molecule has 2 heteroatoms. The standard InChI is InChI=1S/C36H28B2/c1-21-15-17-31-29(19-21)33-30-20-22(2)16-18-32(30)38-35-24(4)10-8-14-28(35)26-12-6-5-11-25(26)27-13-7-9-23(3)34(27)37(31)36(33)38/h5-20H,1-4H3. The Morgan fingerprint density at radius 2 is 0.868 bits per heavy atom. The third-order valence-corrected chi connectivity index (χ3v) is 9.22. The summed E-state index contributed by atoms with van der Waals surface area (Å²) < 4.78 is 0. The first-order valence-corrected chi connectivity index (χ1v) is 13.8. The van der Waals surface area contributed by atoms with E-state index in [4.69, 9.17) is 0 Å². The van der Waals surface area contributed by atoms with Crippen molar-refractivity contribution in [1.82, 2.24) is 0 Å². The zero-order valence-corrected chi connectivity index (χ0v) is 22.4. The first-order valence-electron chi connectivity index (χ1n) is 13.8. The van der Waals surface area contributed by atoms with Gasteiger partial charge in [-0.15, -0.1) is 5.37 Å². The van der Waals surface area contributed by atoms with Crippen LogP contribution >= 0.6 is 0 Å². The van der Waals surface area contributed by atoms with Gasteiger partial charge in [0.25, 0.3) is 0 Å². The van der Waals surface area contributed by atoms with Crippen LogP contribution in [0.3, 0.4) is 0 Å². The van der Waals surface area contributed by atoms with Crippen molar-refractivity contribution in [2.45, 2.75) is 27.7 Å². The Morgan fingerprint density at radius 3 is 1.34 bits per heavy atom. The zero-order valence-electron chi connectivity index (χ0n) is 22.4. The van der Waals surface area contributed by atoms with Crippen molar-refractivity contribution in [3.63, 3.8) is 0 Å². The maximum absolute atomic E-state index is 2.44. The van der Waals surface area contributed by atoms with Gasteiger partial charge in [-0.25, -0.2) is 0 Å². The van der Waals surface area contributed by atoms with Crippen LogP contribution in [-0.2, 0) is 0 Å². The van der Waals surface area contributed by atoms with Gasteiger partial charge < -0.3 is 0 Å². The molecule has 3 aliphatic rings. The highest BCUT2D eigenvalue weighted by molar-refractivity contribution is 7.14. The van der Waals surface area contributed by atoms with E-state index in [1.54, 1.807) is 5.37 Å². The smallest absolute Gasteiger partial charge is 0.103 e. The molecule has 0 radical (unpaired) electrons. The third-order valence-electron chi connectivity index (χ3n) is 9.22. The lowest BCUT2D eigenvalue weighted by Crippen LogP contribution is -2.54. The Balaban J connectivity index is 1.63. The van der Waals surface area contributed by atoms with Gasteiger partial charge in [0.1, 0.15) is 0 Å². The van der Waals surface area contributed by atoms with E-state index < -0.39 is 0 Å². The molecule has 0 aromatic heterocycles. The van der Waals surface area contributed by atoms with Crippen molar-refractivity contribution in [2.75, 3.05) is 0 Å². The molecule has 0 N–H and O–H groups in total. The highest BCUT2D eigenvalue weighted by Gasteiger charge is 2.49. The molecule has 0 nitrogen and oxygen atoms in total. The molecule has 38 heavy (non-hydrogen) atoms. The molecule has 0 saturated carbocycles. The Bertz CT molecular complexity index is 1740. The van der Waals surface area contributed by atoms with Crippen molar-refractivity contribution >= 4 is 40.8 Å². The van der Waals surface area contributed by atoms with Gasteiger partial charge >= 0.3 is 0 Å². The average molecular weight is 482 g/mol. The summed E-state index contributed by atoms with van der Waals surface area (Å²) in [5.74, 6) is 0. The maximum atomic E-state index is 2.44. The molecule has 5 aromatic carbocycles. The van der Waals surface area contributed by atoms with Gasteiger partial charge in [0.05, 0.1) is 0 Å². The molecule has 0 unspecified atom stereocenters. The molecule has 3 heterocycles. The van der Waals surface area contributed by atoms with Gasteiger partial charge in [-0.2, -0.15) is 0 Å². The van der Waals surface area contributed by atoms with E-state index in [2.05, 4.69) is 125 Å². The zero-order chi connectivity index (χ0) is 25.7. The molecule has 0 bridgehead atoms. The van der Waals surface area contributed by atoms with Crippen LogP contribution in [0.15, 0.2) is 102 Å². The quantitative estimate of drug-likeness (QED) is 0.249. The SMILES string of the molecule is Cc1ccc2c(c1)C1=C3B2c2c(C)cccc2-c2ccccc2-c2cccc(C)c2B3c2ccc(C)cc21. The minimum Gasteiger partial charge on any atom is -0.103 e. The fraction of sp³-hybridized carbons (Fsp3) is 0.111. The monoisotopic (exact) mass is 482 g/mol. The second-order valence-corrected chi connectivity index (χ2v) is 11.5. The summed E-state index contributed by atoms with van der Waals surface area (Å²) in [6.45, 7) is 9.54. The van der Waals surface area contributed by atoms with Crippen molar-refractivity contribution < 1.29 is 0 Å². The predicted molar refractivity (Wildman–Crippen MR) is 165 cm³/mol. The van der Waals surface area contributed by atoms with Crippen LogP contribution in [0, 0.1) is 27.7 Å². The number of hydrogen-bond donors (Lipinski definition) is 0. The van der Waals surface area contributed by atoms with Crippen molar-refractivity contribution in [3.8, 4) is 22.3 Å². The first-order chi connectivity index (χ1) is 18.5. The maximum Gasteiger partial charge on any atom is 0.231 e. The van der Waals surface area contributed by atoms with E-state index in [9.17, 15) is 0 Å². The summed E-state index contributed by atoms with van der Waals surface area (Å²) >= 11 is 0. The lowest BCUT2D eigenvalue weighted by Gasteiger charge is -2.24. The molecule has 5 aromatic rings. The van der Waals surface area contributed by atoms with E-state index in [-0.39, 0.29) is 13.4 Å². The van der Waals surface area contributed by atoms with Gasteiger partial charge in [-0.3, -0.25) is 0 Å². The number of fused-ring (bicyclic) bond motifs is 13. The second kappa shape index (κ2) is 7.74. The number of rotatable bonds is 0. The van der Waals surface area contributed by atoms with Gasteiger partial charge in [-0.05, 0) is 66.6 Å². The van der Waals surface area contributed by atoms with Gasteiger partial charge in [0.15, 0.2) is 0 Å². The van der Waals surface area contributed by atoms with Crippen LogP contribution in [-0.4, -0.2) is 13.4 Å². The van der Waals surface area contributed by atoms with Gasteiger partial charge in [-0.1, -0.05) is 141 Å². The van der Waals surface area contributed by atoms with Gasteiger partial charge in [0.2, 0.25) is 13.4 Å². The molecule has 0 fully saturated rings. The van der Waals surface area contributed by atoms with Crippen LogP contribution < -0.4 is 21.9 Å². The van der Waals surface area contributed by atoms with E-state index in [1.165, 1.54) is 83.1 Å². The van der Waals surface area contributed by atoms with Crippen molar-refractivity contribution in [1.29, 1.82) is 0 Å². The summed E-state index contributed by atoms with van der Waals surface area (Å²) in [4.78, 5) is 0. The molecular weight excluding hydrogens is 454 g/mol. The summed E-state index contributed by atoms with van der Waals surface area (Å²) in [6.07, 6.45) is 0. The largest absolute Gasteiger partial charge is 0.231 e. The summed E-state index contributed by atoms with van der Waals surface area (Å²) in [7, 11) is 0. The molecule has 178 valence electrons. The predicted octanol–water partition coefficient (Wildman–Crippen LogP) is 5.69. The fourth-order valence-electron chi connectivity index (χ4n) is 7.70. The van der Waals surface area contributed by atoms with Crippen LogP contribution in [0.4, 0.5) is 0 Å². The molecule has 8 rings (SSSR count). The lowest BCUT2D eigenvalue weighted by atomic mass is 9.20. The lowest BCUT2D eigenvalue weighted by molar-refractivity contribution is 1.45. The Hall–Kier alpha value is -4.03. The first kappa shape index (κ1) is 22.0. The molecule has 0 aliphatic carbocycles. The van der Waals surface area contributed by atoms with Crippen molar-refractivity contribution in [2.24, 2.45) is 0 Å². The Kier molecular flexibility index (Phi) is 4.48. The Morgan fingerprint density at radius 1 is 0.421 bits per heavy atom. The van der Waals surface area contributed by atoms with E-state index in [0.29, 0.717) is 0 Å². The minimum absolute atomic E-state index is 0.230.